The summed E-state index contributed by atoms with van der Waals surface area (Å²) in [5.41, 5.74) is 10.2. The molecule has 2 fully saturated rings. The van der Waals surface area contributed by atoms with Crippen LogP contribution >= 0.6 is 11.8 Å². The average Bonchev–Trinajstić information content (AvgIpc) is 3.76. The number of allylic oxidation sites excluding steroid dienone is 6. The molecule has 10 unspecified atom stereocenters. The maximum atomic E-state index is 3.05. The average molecular weight is 615 g/mol. The number of hydrogen-bond donors (Lipinski definition) is 0. The summed E-state index contributed by atoms with van der Waals surface area (Å²) in [7, 11) is 0. The van der Waals surface area contributed by atoms with Crippen molar-refractivity contribution < 1.29 is 0 Å². The van der Waals surface area contributed by atoms with Gasteiger partial charge >= 0.3 is 0 Å². The molecule has 10 atom stereocenters. The molecule has 3 heterocycles. The molecule has 45 heavy (non-hydrogen) atoms. The van der Waals surface area contributed by atoms with Gasteiger partial charge in [0, 0.05) is 45.8 Å². The molecule has 2 nitrogen and oxygen atoms in total. The summed E-state index contributed by atoms with van der Waals surface area (Å²) in [5.74, 6) is 2.89. The van der Waals surface area contributed by atoms with E-state index in [4.69, 9.17) is 0 Å². The quantitative estimate of drug-likeness (QED) is 0.313. The molecule has 1 aromatic carbocycles. The minimum atomic E-state index is 0.540. The number of fused-ring (bicyclic) bond motifs is 8. The summed E-state index contributed by atoms with van der Waals surface area (Å²) in [6, 6.07) is 11.9. The highest BCUT2D eigenvalue weighted by molar-refractivity contribution is 8.01. The Morgan fingerprint density at radius 2 is 1.76 bits per heavy atom. The van der Waals surface area contributed by atoms with Gasteiger partial charge in [-0.15, -0.1) is 11.8 Å². The van der Waals surface area contributed by atoms with Gasteiger partial charge in [0.25, 0.3) is 0 Å². The lowest BCUT2D eigenvalue weighted by molar-refractivity contribution is 0.103. The SMILES string of the molecule is C1=CCC2C(=C1)C1=C(CCCC1)N2C1C=CC2C3=CCCCC3SC2C1C1CCC2c3ccccc3N(C3C=CCCC3)C2C1. The number of anilines is 1. The van der Waals surface area contributed by atoms with Gasteiger partial charge in [0.2, 0.25) is 0 Å². The molecule has 9 aliphatic rings. The Morgan fingerprint density at radius 3 is 2.71 bits per heavy atom. The van der Waals surface area contributed by atoms with Crippen molar-refractivity contribution in [1.82, 2.24) is 4.90 Å². The molecule has 0 aromatic heterocycles. The van der Waals surface area contributed by atoms with Crippen molar-refractivity contribution in [1.29, 1.82) is 0 Å². The molecule has 3 aliphatic heterocycles. The van der Waals surface area contributed by atoms with E-state index >= 15 is 0 Å². The maximum Gasteiger partial charge on any atom is 0.0583 e. The van der Waals surface area contributed by atoms with Crippen LogP contribution in [0.1, 0.15) is 101 Å². The number of rotatable bonds is 3. The zero-order valence-corrected chi connectivity index (χ0v) is 27.7. The summed E-state index contributed by atoms with van der Waals surface area (Å²) in [6.07, 6.45) is 39.2. The van der Waals surface area contributed by atoms with Gasteiger partial charge in [-0.25, -0.2) is 0 Å². The Kier molecular flexibility index (Phi) is 6.83. The number of benzene rings is 1. The summed E-state index contributed by atoms with van der Waals surface area (Å²) in [4.78, 5) is 6.00. The van der Waals surface area contributed by atoms with Crippen molar-refractivity contribution in [3.8, 4) is 0 Å². The van der Waals surface area contributed by atoms with Crippen LogP contribution < -0.4 is 4.90 Å². The van der Waals surface area contributed by atoms with Crippen molar-refractivity contribution in [2.45, 2.75) is 130 Å². The van der Waals surface area contributed by atoms with Gasteiger partial charge in [-0.2, -0.15) is 0 Å². The van der Waals surface area contributed by atoms with E-state index in [9.17, 15) is 0 Å². The van der Waals surface area contributed by atoms with Crippen molar-refractivity contribution in [2.75, 3.05) is 4.90 Å². The van der Waals surface area contributed by atoms with Crippen LogP contribution in [0.25, 0.3) is 0 Å². The van der Waals surface area contributed by atoms with Gasteiger partial charge < -0.3 is 9.80 Å². The van der Waals surface area contributed by atoms with Gasteiger partial charge in [-0.05, 0) is 125 Å². The number of thioether (sulfide) groups is 1. The van der Waals surface area contributed by atoms with Crippen LogP contribution in [-0.4, -0.2) is 39.6 Å². The minimum absolute atomic E-state index is 0.540. The largest absolute Gasteiger partial charge is 0.361 e. The highest BCUT2D eigenvalue weighted by Crippen LogP contribution is 2.60. The summed E-state index contributed by atoms with van der Waals surface area (Å²) >= 11 is 2.43. The van der Waals surface area contributed by atoms with Crippen molar-refractivity contribution in [3.63, 3.8) is 0 Å². The lowest BCUT2D eigenvalue weighted by Crippen LogP contribution is -2.53. The summed E-state index contributed by atoms with van der Waals surface area (Å²) in [6.45, 7) is 0. The number of para-hydroxylation sites is 1. The molecule has 1 saturated heterocycles. The van der Waals surface area contributed by atoms with Crippen molar-refractivity contribution in [2.24, 2.45) is 17.8 Å². The molecule has 3 heteroatoms. The Bertz CT molecular complexity index is 1540. The third kappa shape index (κ3) is 4.27. The van der Waals surface area contributed by atoms with Crippen LogP contribution in [0.5, 0.6) is 0 Å². The lowest BCUT2D eigenvalue weighted by Gasteiger charge is -2.51. The molecule has 0 radical (unpaired) electrons. The molecular weight excluding hydrogens is 565 g/mol. The van der Waals surface area contributed by atoms with Gasteiger partial charge in [-0.1, -0.05) is 72.4 Å². The highest BCUT2D eigenvalue weighted by Gasteiger charge is 2.55. The van der Waals surface area contributed by atoms with Crippen molar-refractivity contribution in [3.05, 3.63) is 101 Å². The molecule has 1 saturated carbocycles. The molecule has 0 spiro atoms. The molecule has 6 aliphatic carbocycles. The minimum Gasteiger partial charge on any atom is -0.361 e. The van der Waals surface area contributed by atoms with E-state index in [-0.39, 0.29) is 0 Å². The monoisotopic (exact) mass is 614 g/mol. The normalized spacial score (nSPS) is 41.2. The van der Waals surface area contributed by atoms with E-state index in [1.54, 1.807) is 28.1 Å². The number of nitrogens with zero attached hydrogens (tertiary/aromatic N) is 2. The first-order valence-corrected chi connectivity index (χ1v) is 19.7. The maximum absolute atomic E-state index is 3.05. The van der Waals surface area contributed by atoms with Crippen LogP contribution in [0, 0.1) is 17.8 Å². The predicted octanol–water partition coefficient (Wildman–Crippen LogP) is 10.0. The fraction of sp³-hybridized carbons (Fsp3) is 0.571. The zero-order valence-electron chi connectivity index (χ0n) is 26.9. The third-order valence-electron chi connectivity index (χ3n) is 13.6. The van der Waals surface area contributed by atoms with Gasteiger partial charge in [-0.3, -0.25) is 0 Å². The van der Waals surface area contributed by atoms with Gasteiger partial charge in [0.1, 0.15) is 0 Å². The molecule has 0 amide bonds. The molecule has 0 N–H and O–H groups in total. The lowest BCUT2D eigenvalue weighted by atomic mass is 9.65. The Labute approximate surface area is 275 Å². The van der Waals surface area contributed by atoms with Gasteiger partial charge in [0.05, 0.1) is 12.1 Å². The first-order valence-electron chi connectivity index (χ1n) is 18.8. The highest BCUT2D eigenvalue weighted by atomic mass is 32.2. The van der Waals surface area contributed by atoms with E-state index in [0.717, 1.165) is 22.3 Å². The van der Waals surface area contributed by atoms with Crippen LogP contribution in [0.3, 0.4) is 0 Å². The standard InChI is InChI=1S/C42H50N2S/c1-2-12-28(13-3-1)43-35-18-8-4-16-31(35)32-23-22-27(26-39(32)43)41-38(25-24-34-33-17-7-11-21-40(33)45-42(34)41)44-36-19-9-5-14-29(36)30-15-6-10-20-37(30)44/h2,4-5,8-9,12,14,16-18,24-25,27-28,32,34,36,38-42H,1,3,6-7,10-11,13,15,19-23,26H2. The smallest absolute Gasteiger partial charge is 0.0583 e. The van der Waals surface area contributed by atoms with Crippen LogP contribution in [-0.2, 0) is 0 Å². The molecule has 0 bridgehead atoms. The Balaban J connectivity index is 1.05. The Hall–Kier alpha value is -2.39. The fourth-order valence-electron chi connectivity index (χ4n) is 11.9. The molecule has 10 rings (SSSR count). The Morgan fingerprint density at radius 1 is 0.822 bits per heavy atom. The first kappa shape index (κ1) is 27.7. The van der Waals surface area contributed by atoms with Crippen LogP contribution in [0.4, 0.5) is 5.69 Å². The molecule has 1 aromatic rings. The van der Waals surface area contributed by atoms with Crippen molar-refractivity contribution >= 4 is 17.4 Å². The predicted molar refractivity (Wildman–Crippen MR) is 190 cm³/mol. The summed E-state index contributed by atoms with van der Waals surface area (Å²) in [5, 5.41) is 1.51. The van der Waals surface area contributed by atoms with E-state index in [0.29, 0.717) is 36.0 Å². The van der Waals surface area contributed by atoms with E-state index < -0.39 is 0 Å². The van der Waals surface area contributed by atoms with E-state index in [1.807, 2.05) is 5.57 Å². The summed E-state index contributed by atoms with van der Waals surface area (Å²) < 4.78 is 0. The van der Waals surface area contributed by atoms with Crippen LogP contribution in [0.15, 0.2) is 95.3 Å². The fourth-order valence-corrected chi connectivity index (χ4v) is 13.9. The molecular formula is C42H50N2S. The topological polar surface area (TPSA) is 6.48 Å². The van der Waals surface area contributed by atoms with Crippen LogP contribution in [0.2, 0.25) is 0 Å². The van der Waals surface area contributed by atoms with E-state index in [2.05, 4.69) is 94.4 Å². The first-order chi connectivity index (χ1) is 22.3. The zero-order chi connectivity index (χ0) is 29.5. The molecule has 234 valence electrons. The van der Waals surface area contributed by atoms with Gasteiger partial charge in [0.15, 0.2) is 0 Å². The number of hydrogen-bond acceptors (Lipinski definition) is 3. The second kappa shape index (κ2) is 11.1. The van der Waals surface area contributed by atoms with E-state index in [1.165, 1.54) is 89.9 Å². The second-order valence-corrected chi connectivity index (χ2v) is 17.1. The third-order valence-corrected chi connectivity index (χ3v) is 15.4. The second-order valence-electron chi connectivity index (χ2n) is 15.7.